The number of Topliss-reactive ketones (excluding diaryl/α,β-unsaturated/α-hetero) is 1. The first kappa shape index (κ1) is 15.6. The van der Waals surface area contributed by atoms with Gasteiger partial charge in [0, 0.05) is 0 Å². The number of phenols is 1. The molecular formula is C16H12F2O4. The summed E-state index contributed by atoms with van der Waals surface area (Å²) in [4.78, 5) is 23.6. The van der Waals surface area contributed by atoms with Gasteiger partial charge in [0.2, 0.25) is 5.78 Å². The van der Waals surface area contributed by atoms with Crippen LogP contribution in [0.5, 0.6) is 5.75 Å². The van der Waals surface area contributed by atoms with Crippen molar-refractivity contribution in [1.82, 2.24) is 0 Å². The molecule has 0 spiro atoms. The molecule has 0 aliphatic rings. The molecule has 0 saturated heterocycles. The van der Waals surface area contributed by atoms with Gasteiger partial charge in [0.1, 0.15) is 22.9 Å². The molecule has 0 aliphatic heterocycles. The number of carbonyl (C=O) groups is 2. The topological polar surface area (TPSA) is 63.6 Å². The summed E-state index contributed by atoms with van der Waals surface area (Å²) in [6.07, 6.45) is 0. The summed E-state index contributed by atoms with van der Waals surface area (Å²) in [7, 11) is 0. The number of carbonyl (C=O) groups excluding carboxylic acids is 2. The highest BCUT2D eigenvalue weighted by molar-refractivity contribution is 6.00. The lowest BCUT2D eigenvalue weighted by atomic mass is 10.1. The second kappa shape index (κ2) is 6.34. The van der Waals surface area contributed by atoms with Crippen LogP contribution in [0.4, 0.5) is 8.78 Å². The Morgan fingerprint density at radius 3 is 2.59 bits per heavy atom. The largest absolute Gasteiger partial charge is 0.507 e. The van der Waals surface area contributed by atoms with Crippen molar-refractivity contribution in [1.29, 1.82) is 0 Å². The van der Waals surface area contributed by atoms with Crippen molar-refractivity contribution in [3.05, 3.63) is 64.7 Å². The number of halogens is 2. The predicted octanol–water partition coefficient (Wildman–Crippen LogP) is 3.02. The van der Waals surface area contributed by atoms with E-state index < -0.39 is 35.6 Å². The van der Waals surface area contributed by atoms with E-state index in [1.807, 2.05) is 0 Å². The van der Waals surface area contributed by atoms with E-state index >= 15 is 0 Å². The Labute approximate surface area is 125 Å². The number of hydrogen-bond acceptors (Lipinski definition) is 4. The summed E-state index contributed by atoms with van der Waals surface area (Å²) in [6, 6.07) is 6.90. The average Bonchev–Trinajstić information content (AvgIpc) is 2.49. The number of aryl methyl sites for hydroxylation is 1. The van der Waals surface area contributed by atoms with Gasteiger partial charge in [-0.25, -0.2) is 13.6 Å². The van der Waals surface area contributed by atoms with Crippen molar-refractivity contribution in [3.63, 3.8) is 0 Å². The summed E-state index contributed by atoms with van der Waals surface area (Å²) < 4.78 is 31.2. The summed E-state index contributed by atoms with van der Waals surface area (Å²) in [5, 5.41) is 9.74. The van der Waals surface area contributed by atoms with Gasteiger partial charge < -0.3 is 9.84 Å². The molecule has 2 aromatic rings. The third-order valence-electron chi connectivity index (χ3n) is 3.02. The van der Waals surface area contributed by atoms with E-state index in [0.717, 1.165) is 18.2 Å². The lowest BCUT2D eigenvalue weighted by Gasteiger charge is -2.08. The van der Waals surface area contributed by atoms with Gasteiger partial charge in [-0.2, -0.15) is 0 Å². The third kappa shape index (κ3) is 3.28. The van der Waals surface area contributed by atoms with Crippen LogP contribution in [0, 0.1) is 18.6 Å². The maximum absolute atomic E-state index is 13.4. The monoisotopic (exact) mass is 306 g/mol. The molecule has 0 aliphatic carbocycles. The van der Waals surface area contributed by atoms with Crippen LogP contribution in [0.1, 0.15) is 26.3 Å². The van der Waals surface area contributed by atoms with Crippen LogP contribution in [-0.2, 0) is 4.74 Å². The van der Waals surface area contributed by atoms with Crippen molar-refractivity contribution in [3.8, 4) is 5.75 Å². The highest BCUT2D eigenvalue weighted by Gasteiger charge is 2.18. The SMILES string of the molecule is Cc1cccc(C(=O)OCC(=O)c2cc(F)ccc2F)c1O. The number of benzene rings is 2. The number of rotatable bonds is 4. The smallest absolute Gasteiger partial charge is 0.342 e. The predicted molar refractivity (Wildman–Crippen MR) is 73.8 cm³/mol. The second-order valence-electron chi connectivity index (χ2n) is 4.59. The van der Waals surface area contributed by atoms with Crippen LogP contribution >= 0.6 is 0 Å². The molecule has 0 saturated carbocycles. The Morgan fingerprint density at radius 2 is 1.86 bits per heavy atom. The maximum Gasteiger partial charge on any atom is 0.342 e. The lowest BCUT2D eigenvalue weighted by molar-refractivity contribution is 0.0470. The summed E-state index contributed by atoms with van der Waals surface area (Å²) in [5.74, 6) is -3.73. The van der Waals surface area contributed by atoms with Crippen LogP contribution in [0.2, 0.25) is 0 Å². The Morgan fingerprint density at radius 1 is 1.14 bits per heavy atom. The number of esters is 1. The molecule has 0 heterocycles. The third-order valence-corrected chi connectivity index (χ3v) is 3.02. The standard InChI is InChI=1S/C16H12F2O4/c1-9-3-2-4-11(15(9)20)16(21)22-8-14(19)12-7-10(17)5-6-13(12)18/h2-7,20H,8H2,1H3. The first-order valence-corrected chi connectivity index (χ1v) is 6.34. The first-order chi connectivity index (χ1) is 10.4. The fourth-order valence-electron chi connectivity index (χ4n) is 1.82. The number of hydrogen-bond donors (Lipinski definition) is 1. The lowest BCUT2D eigenvalue weighted by Crippen LogP contribution is -2.16. The van der Waals surface area contributed by atoms with Crippen LogP contribution in [0.3, 0.4) is 0 Å². The Balaban J connectivity index is 2.09. The molecule has 6 heteroatoms. The van der Waals surface area contributed by atoms with Gasteiger partial charge in [0.05, 0.1) is 5.56 Å². The van der Waals surface area contributed by atoms with Crippen molar-refractivity contribution in [2.24, 2.45) is 0 Å². The highest BCUT2D eigenvalue weighted by atomic mass is 19.1. The van der Waals surface area contributed by atoms with Crippen LogP contribution in [0.25, 0.3) is 0 Å². The molecule has 2 aromatic carbocycles. The van der Waals surface area contributed by atoms with E-state index in [1.165, 1.54) is 6.07 Å². The van der Waals surface area contributed by atoms with E-state index in [4.69, 9.17) is 4.74 Å². The fraction of sp³-hybridized carbons (Fsp3) is 0.125. The summed E-state index contributed by atoms with van der Waals surface area (Å²) in [6.45, 7) is 0.839. The van der Waals surface area contributed by atoms with Crippen LogP contribution in [0.15, 0.2) is 36.4 Å². The van der Waals surface area contributed by atoms with Gasteiger partial charge in [-0.3, -0.25) is 4.79 Å². The van der Waals surface area contributed by atoms with Crippen molar-refractivity contribution in [2.75, 3.05) is 6.61 Å². The van der Waals surface area contributed by atoms with Gasteiger partial charge in [0.25, 0.3) is 0 Å². The molecule has 2 rings (SSSR count). The van der Waals surface area contributed by atoms with Gasteiger partial charge in [-0.05, 0) is 36.8 Å². The molecule has 1 N–H and O–H groups in total. The second-order valence-corrected chi connectivity index (χ2v) is 4.59. The van der Waals surface area contributed by atoms with Gasteiger partial charge >= 0.3 is 5.97 Å². The minimum atomic E-state index is -0.925. The summed E-state index contributed by atoms with van der Waals surface area (Å²) >= 11 is 0. The maximum atomic E-state index is 13.4. The van der Waals surface area contributed by atoms with Gasteiger partial charge in [-0.15, -0.1) is 0 Å². The van der Waals surface area contributed by atoms with Crippen LogP contribution in [-0.4, -0.2) is 23.5 Å². The molecule has 0 amide bonds. The van der Waals surface area contributed by atoms with Crippen molar-refractivity contribution < 1.29 is 28.2 Å². The normalized spacial score (nSPS) is 10.3. The molecule has 0 unspecified atom stereocenters. The van der Waals surface area contributed by atoms with Crippen molar-refractivity contribution in [2.45, 2.75) is 6.92 Å². The number of ketones is 1. The molecule has 0 atom stereocenters. The molecule has 22 heavy (non-hydrogen) atoms. The Bertz CT molecular complexity index is 727. The van der Waals surface area contributed by atoms with E-state index in [9.17, 15) is 23.5 Å². The highest BCUT2D eigenvalue weighted by Crippen LogP contribution is 2.22. The van der Waals surface area contributed by atoms with Crippen LogP contribution < -0.4 is 0 Å². The van der Waals surface area contributed by atoms with E-state index in [1.54, 1.807) is 19.1 Å². The number of para-hydroxylation sites is 1. The Kier molecular flexibility index (Phi) is 4.50. The van der Waals surface area contributed by atoms with Crippen molar-refractivity contribution >= 4 is 11.8 Å². The Hall–Kier alpha value is -2.76. The molecule has 0 bridgehead atoms. The number of ether oxygens (including phenoxy) is 1. The minimum Gasteiger partial charge on any atom is -0.507 e. The van der Waals surface area contributed by atoms with Gasteiger partial charge in [-0.1, -0.05) is 12.1 Å². The van der Waals surface area contributed by atoms with Gasteiger partial charge in [0.15, 0.2) is 6.61 Å². The fourth-order valence-corrected chi connectivity index (χ4v) is 1.82. The van der Waals surface area contributed by atoms with E-state index in [2.05, 4.69) is 0 Å². The molecule has 114 valence electrons. The quantitative estimate of drug-likeness (QED) is 0.696. The zero-order valence-corrected chi connectivity index (χ0v) is 11.6. The average molecular weight is 306 g/mol. The molecule has 0 aromatic heterocycles. The molecule has 4 nitrogen and oxygen atoms in total. The minimum absolute atomic E-state index is 0.104. The molecule has 0 fully saturated rings. The van der Waals surface area contributed by atoms with E-state index in [0.29, 0.717) is 5.56 Å². The summed E-state index contributed by atoms with van der Waals surface area (Å²) in [5.41, 5.74) is -0.134. The first-order valence-electron chi connectivity index (χ1n) is 6.34. The number of aromatic hydroxyl groups is 1. The molecule has 0 radical (unpaired) electrons. The zero-order valence-electron chi connectivity index (χ0n) is 11.6. The molecular weight excluding hydrogens is 294 g/mol. The van der Waals surface area contributed by atoms with E-state index in [-0.39, 0.29) is 11.3 Å². The number of phenolic OH excluding ortho intramolecular Hbond substituents is 1. The zero-order chi connectivity index (χ0) is 16.3.